The predicted octanol–water partition coefficient (Wildman–Crippen LogP) is 1.32. The molecular formula is C13H11FO4. The summed E-state index contributed by atoms with van der Waals surface area (Å²) in [5.41, 5.74) is -1.42. The standard InChI is InChI=1S/C13H11FO4/c1-7(15)13(8(2)16)12(18-13)11(17)9-3-5-10(14)6-4-9/h3-6,12H,1-2H3. The van der Waals surface area contributed by atoms with E-state index in [1.807, 2.05) is 0 Å². The van der Waals surface area contributed by atoms with Crippen LogP contribution in [0, 0.1) is 5.82 Å². The van der Waals surface area contributed by atoms with Crippen LogP contribution in [0.15, 0.2) is 24.3 Å². The van der Waals surface area contributed by atoms with E-state index in [1.54, 1.807) is 0 Å². The fourth-order valence-electron chi connectivity index (χ4n) is 1.94. The second-order valence-corrected chi connectivity index (χ2v) is 4.22. The number of hydrogen-bond donors (Lipinski definition) is 0. The van der Waals surface area contributed by atoms with E-state index in [2.05, 4.69) is 0 Å². The number of carbonyl (C=O) groups is 3. The Morgan fingerprint density at radius 2 is 1.61 bits per heavy atom. The molecule has 0 amide bonds. The smallest absolute Gasteiger partial charge is 0.218 e. The Morgan fingerprint density at radius 1 is 1.11 bits per heavy atom. The minimum absolute atomic E-state index is 0.214. The van der Waals surface area contributed by atoms with Gasteiger partial charge in [0.1, 0.15) is 5.82 Å². The van der Waals surface area contributed by atoms with Crippen molar-refractivity contribution in [1.29, 1.82) is 0 Å². The first-order chi connectivity index (χ1) is 8.39. The lowest BCUT2D eigenvalue weighted by Crippen LogP contribution is -2.35. The van der Waals surface area contributed by atoms with E-state index in [1.165, 1.54) is 26.0 Å². The Balaban J connectivity index is 2.25. The minimum atomic E-state index is -1.63. The summed E-state index contributed by atoms with van der Waals surface area (Å²) in [7, 11) is 0. The lowest BCUT2D eigenvalue weighted by atomic mass is 9.92. The average molecular weight is 250 g/mol. The van der Waals surface area contributed by atoms with Crippen molar-refractivity contribution in [2.75, 3.05) is 0 Å². The van der Waals surface area contributed by atoms with Crippen molar-refractivity contribution < 1.29 is 23.5 Å². The van der Waals surface area contributed by atoms with Gasteiger partial charge >= 0.3 is 0 Å². The van der Waals surface area contributed by atoms with Crippen LogP contribution in [0.1, 0.15) is 24.2 Å². The van der Waals surface area contributed by atoms with Crippen LogP contribution in [0.4, 0.5) is 4.39 Å². The Labute approximate surface area is 103 Å². The molecule has 1 aliphatic heterocycles. The van der Waals surface area contributed by atoms with Crippen LogP contribution in [0.2, 0.25) is 0 Å². The molecule has 1 heterocycles. The second kappa shape index (κ2) is 4.10. The van der Waals surface area contributed by atoms with E-state index in [4.69, 9.17) is 4.74 Å². The maximum atomic E-state index is 12.7. The zero-order valence-corrected chi connectivity index (χ0v) is 9.90. The SMILES string of the molecule is CC(=O)C1(C(C)=O)OC1C(=O)c1ccc(F)cc1. The van der Waals surface area contributed by atoms with Gasteiger partial charge in [0.15, 0.2) is 23.5 Å². The van der Waals surface area contributed by atoms with E-state index in [-0.39, 0.29) is 5.56 Å². The van der Waals surface area contributed by atoms with Crippen LogP contribution in [0.5, 0.6) is 0 Å². The molecule has 0 N–H and O–H groups in total. The molecule has 0 aliphatic carbocycles. The topological polar surface area (TPSA) is 63.7 Å². The molecule has 0 saturated carbocycles. The summed E-state index contributed by atoms with van der Waals surface area (Å²) in [6.07, 6.45) is -1.09. The minimum Gasteiger partial charge on any atom is -0.341 e. The number of epoxide rings is 1. The van der Waals surface area contributed by atoms with Gasteiger partial charge < -0.3 is 4.74 Å². The first-order valence-electron chi connectivity index (χ1n) is 5.39. The molecule has 1 unspecified atom stereocenters. The van der Waals surface area contributed by atoms with Crippen LogP contribution >= 0.6 is 0 Å². The fraction of sp³-hybridized carbons (Fsp3) is 0.308. The van der Waals surface area contributed by atoms with Gasteiger partial charge in [-0.2, -0.15) is 0 Å². The molecule has 0 radical (unpaired) electrons. The summed E-state index contributed by atoms with van der Waals surface area (Å²) < 4.78 is 17.8. The molecule has 1 aromatic rings. The van der Waals surface area contributed by atoms with E-state index < -0.39 is 34.9 Å². The van der Waals surface area contributed by atoms with Gasteiger partial charge in [0.25, 0.3) is 0 Å². The Bertz CT molecular complexity index is 518. The van der Waals surface area contributed by atoms with Crippen molar-refractivity contribution in [3.8, 4) is 0 Å². The van der Waals surface area contributed by atoms with Crippen molar-refractivity contribution in [1.82, 2.24) is 0 Å². The maximum Gasteiger partial charge on any atom is 0.218 e. The molecule has 0 spiro atoms. The fourth-order valence-corrected chi connectivity index (χ4v) is 1.94. The molecule has 1 aromatic carbocycles. The first-order valence-corrected chi connectivity index (χ1v) is 5.39. The van der Waals surface area contributed by atoms with Crippen molar-refractivity contribution in [3.05, 3.63) is 35.6 Å². The van der Waals surface area contributed by atoms with Crippen molar-refractivity contribution in [3.63, 3.8) is 0 Å². The zero-order chi connectivity index (χ0) is 13.5. The summed E-state index contributed by atoms with van der Waals surface area (Å²) in [6.45, 7) is 2.42. The molecular weight excluding hydrogens is 239 g/mol. The van der Waals surface area contributed by atoms with Crippen LogP contribution < -0.4 is 0 Å². The van der Waals surface area contributed by atoms with Crippen molar-refractivity contribution in [2.24, 2.45) is 0 Å². The van der Waals surface area contributed by atoms with Gasteiger partial charge in [-0.15, -0.1) is 0 Å². The third-order valence-electron chi connectivity index (χ3n) is 3.03. The molecule has 1 aliphatic rings. The number of rotatable bonds is 4. The zero-order valence-electron chi connectivity index (χ0n) is 9.90. The number of hydrogen-bond acceptors (Lipinski definition) is 4. The lowest BCUT2D eigenvalue weighted by Gasteiger charge is -2.03. The highest BCUT2D eigenvalue weighted by atomic mass is 19.1. The molecule has 18 heavy (non-hydrogen) atoms. The molecule has 0 aromatic heterocycles. The quantitative estimate of drug-likeness (QED) is 0.459. The number of ether oxygens (including phenoxy) is 1. The molecule has 1 atom stereocenters. The highest BCUT2D eigenvalue weighted by molar-refractivity contribution is 6.19. The predicted molar refractivity (Wildman–Crippen MR) is 59.7 cm³/mol. The van der Waals surface area contributed by atoms with Gasteiger partial charge in [0, 0.05) is 5.56 Å². The average Bonchev–Trinajstić information content (AvgIpc) is 3.05. The molecule has 2 rings (SSSR count). The van der Waals surface area contributed by atoms with Crippen molar-refractivity contribution in [2.45, 2.75) is 25.6 Å². The highest BCUT2D eigenvalue weighted by Gasteiger charge is 2.67. The van der Waals surface area contributed by atoms with Gasteiger partial charge in [-0.1, -0.05) is 0 Å². The highest BCUT2D eigenvalue weighted by Crippen LogP contribution is 2.40. The molecule has 4 nitrogen and oxygen atoms in total. The third kappa shape index (κ3) is 1.76. The van der Waals surface area contributed by atoms with E-state index in [0.717, 1.165) is 12.1 Å². The summed E-state index contributed by atoms with van der Waals surface area (Å²) in [5, 5.41) is 0. The molecule has 94 valence electrons. The third-order valence-corrected chi connectivity index (χ3v) is 3.03. The number of ketones is 3. The van der Waals surface area contributed by atoms with E-state index in [9.17, 15) is 18.8 Å². The number of halogens is 1. The lowest BCUT2D eigenvalue weighted by molar-refractivity contribution is -0.132. The summed E-state index contributed by atoms with van der Waals surface area (Å²) in [6, 6.07) is 4.87. The van der Waals surface area contributed by atoms with E-state index >= 15 is 0 Å². The number of Topliss-reactive ketones (excluding diaryl/α,β-unsaturated/α-hetero) is 3. The summed E-state index contributed by atoms with van der Waals surface area (Å²) >= 11 is 0. The van der Waals surface area contributed by atoms with E-state index in [0.29, 0.717) is 0 Å². The largest absolute Gasteiger partial charge is 0.341 e. The van der Waals surface area contributed by atoms with Gasteiger partial charge in [-0.05, 0) is 38.1 Å². The first kappa shape index (κ1) is 12.6. The number of benzene rings is 1. The van der Waals surface area contributed by atoms with Crippen LogP contribution in [-0.2, 0) is 14.3 Å². The Kier molecular flexibility index (Phi) is 2.86. The molecule has 1 fully saturated rings. The molecule has 1 saturated heterocycles. The Morgan fingerprint density at radius 3 is 2.00 bits per heavy atom. The van der Waals surface area contributed by atoms with Gasteiger partial charge in [0.05, 0.1) is 0 Å². The second-order valence-electron chi connectivity index (χ2n) is 4.22. The monoisotopic (exact) mass is 250 g/mol. The summed E-state index contributed by atoms with van der Waals surface area (Å²) in [5.74, 6) is -1.93. The van der Waals surface area contributed by atoms with Gasteiger partial charge in [-0.25, -0.2) is 4.39 Å². The van der Waals surface area contributed by atoms with Crippen LogP contribution in [-0.4, -0.2) is 29.1 Å². The maximum absolute atomic E-state index is 12.7. The van der Waals surface area contributed by atoms with Crippen LogP contribution in [0.3, 0.4) is 0 Å². The van der Waals surface area contributed by atoms with Crippen molar-refractivity contribution >= 4 is 17.3 Å². The molecule has 0 bridgehead atoms. The summed E-state index contributed by atoms with van der Waals surface area (Å²) in [4.78, 5) is 34.8. The van der Waals surface area contributed by atoms with Gasteiger partial charge in [-0.3, -0.25) is 14.4 Å². The Hall–Kier alpha value is -1.88. The number of carbonyl (C=O) groups excluding carboxylic acids is 3. The normalized spacial score (nSPS) is 20.3. The van der Waals surface area contributed by atoms with Crippen LogP contribution in [0.25, 0.3) is 0 Å². The van der Waals surface area contributed by atoms with Gasteiger partial charge in [0.2, 0.25) is 5.60 Å². The molecule has 5 heteroatoms.